The molecule has 7 heteroatoms. The van der Waals surface area contributed by atoms with E-state index in [0.717, 1.165) is 28.5 Å². The third-order valence-corrected chi connectivity index (χ3v) is 7.32. The zero-order valence-electron chi connectivity index (χ0n) is 20.1. The number of amides is 1. The van der Waals surface area contributed by atoms with Crippen molar-refractivity contribution < 1.29 is 13.2 Å². The minimum Gasteiger partial charge on any atom is -0.341 e. The lowest BCUT2D eigenvalue weighted by Gasteiger charge is -2.23. The van der Waals surface area contributed by atoms with E-state index in [0.29, 0.717) is 16.3 Å². The summed E-state index contributed by atoms with van der Waals surface area (Å²) >= 11 is 6.07. The largest absolute Gasteiger partial charge is 0.341 e. The summed E-state index contributed by atoms with van der Waals surface area (Å²) in [6, 6.07) is 31.2. The maximum absolute atomic E-state index is 13.2. The van der Waals surface area contributed by atoms with Crippen LogP contribution in [0.4, 0.5) is 5.69 Å². The Labute approximate surface area is 217 Å². The zero-order chi connectivity index (χ0) is 25.7. The Morgan fingerprint density at radius 2 is 1.56 bits per heavy atom. The van der Waals surface area contributed by atoms with Gasteiger partial charge in [-0.15, -0.1) is 0 Å². The highest BCUT2D eigenvalue weighted by Gasteiger charge is 2.21. The van der Waals surface area contributed by atoms with E-state index in [-0.39, 0.29) is 18.5 Å². The lowest BCUT2D eigenvalue weighted by molar-refractivity contribution is 0.0943. The number of aryl methyl sites for hydroxylation is 1. The van der Waals surface area contributed by atoms with E-state index in [1.165, 1.54) is 4.31 Å². The quantitative estimate of drug-likeness (QED) is 0.305. The van der Waals surface area contributed by atoms with Crippen molar-refractivity contribution in [2.75, 3.05) is 10.6 Å². The number of nitrogens with zero attached hydrogens (tertiary/aromatic N) is 1. The van der Waals surface area contributed by atoms with Crippen LogP contribution in [0.2, 0.25) is 5.02 Å². The van der Waals surface area contributed by atoms with Gasteiger partial charge in [-0.25, -0.2) is 8.42 Å². The first-order valence-electron chi connectivity index (χ1n) is 11.5. The van der Waals surface area contributed by atoms with Crippen molar-refractivity contribution in [1.29, 1.82) is 0 Å². The zero-order valence-corrected chi connectivity index (χ0v) is 21.6. The average molecular weight is 519 g/mol. The summed E-state index contributed by atoms with van der Waals surface area (Å²) in [6.45, 7) is 2.15. The predicted molar refractivity (Wildman–Crippen MR) is 146 cm³/mol. The van der Waals surface area contributed by atoms with Crippen LogP contribution in [-0.2, 0) is 16.6 Å². The molecule has 0 unspecified atom stereocenters. The van der Waals surface area contributed by atoms with Crippen LogP contribution in [0, 0.1) is 6.92 Å². The SMILES string of the molecule is Cc1ccccc1[C@H](NC(=O)c1ccc(CN(c2cccc(Cl)c2)S(C)(=O)=O)cc1)c1ccccc1. The first-order valence-corrected chi connectivity index (χ1v) is 13.7. The summed E-state index contributed by atoms with van der Waals surface area (Å²) in [4.78, 5) is 13.2. The summed E-state index contributed by atoms with van der Waals surface area (Å²) in [5.74, 6) is -0.214. The molecule has 5 nitrogen and oxygen atoms in total. The van der Waals surface area contributed by atoms with E-state index in [1.54, 1.807) is 48.5 Å². The van der Waals surface area contributed by atoms with Crippen LogP contribution in [0.3, 0.4) is 0 Å². The van der Waals surface area contributed by atoms with Crippen molar-refractivity contribution in [3.63, 3.8) is 0 Å². The molecule has 0 saturated heterocycles. The smallest absolute Gasteiger partial charge is 0.252 e. The number of carbonyl (C=O) groups excluding carboxylic acids is 1. The third kappa shape index (κ3) is 6.14. The Bertz CT molecular complexity index is 1460. The second-order valence-corrected chi connectivity index (χ2v) is 11.0. The van der Waals surface area contributed by atoms with Crippen molar-refractivity contribution in [2.45, 2.75) is 19.5 Å². The lowest BCUT2D eigenvalue weighted by atomic mass is 9.94. The van der Waals surface area contributed by atoms with Crippen LogP contribution in [-0.4, -0.2) is 20.6 Å². The number of halogens is 1. The van der Waals surface area contributed by atoms with Crippen LogP contribution in [0.1, 0.15) is 38.7 Å². The number of nitrogens with one attached hydrogen (secondary N) is 1. The summed E-state index contributed by atoms with van der Waals surface area (Å²) in [5, 5.41) is 3.62. The summed E-state index contributed by atoms with van der Waals surface area (Å²) in [7, 11) is -3.55. The van der Waals surface area contributed by atoms with Gasteiger partial charge in [-0.1, -0.05) is 84.4 Å². The molecule has 4 rings (SSSR count). The molecule has 4 aromatic carbocycles. The number of benzene rings is 4. The predicted octanol–water partition coefficient (Wildman–Crippen LogP) is 6.13. The Morgan fingerprint density at radius 3 is 2.19 bits per heavy atom. The molecule has 0 aliphatic carbocycles. The molecule has 1 amide bonds. The number of hydrogen-bond acceptors (Lipinski definition) is 3. The van der Waals surface area contributed by atoms with Crippen molar-refractivity contribution in [1.82, 2.24) is 5.32 Å². The lowest BCUT2D eigenvalue weighted by Crippen LogP contribution is -2.30. The number of hydrogen-bond donors (Lipinski definition) is 1. The molecule has 1 atom stereocenters. The van der Waals surface area contributed by atoms with Gasteiger partial charge >= 0.3 is 0 Å². The molecular formula is C29H27ClN2O3S. The monoisotopic (exact) mass is 518 g/mol. The average Bonchev–Trinajstić information content (AvgIpc) is 2.86. The van der Waals surface area contributed by atoms with Gasteiger partial charge in [0.25, 0.3) is 5.91 Å². The van der Waals surface area contributed by atoms with Crippen molar-refractivity contribution in [3.05, 3.63) is 136 Å². The highest BCUT2D eigenvalue weighted by Crippen LogP contribution is 2.26. The summed E-state index contributed by atoms with van der Waals surface area (Å²) in [5.41, 5.74) is 4.82. The number of rotatable bonds is 8. The Balaban J connectivity index is 1.56. The first kappa shape index (κ1) is 25.5. The van der Waals surface area contributed by atoms with Crippen molar-refractivity contribution in [3.8, 4) is 0 Å². The topological polar surface area (TPSA) is 66.5 Å². The number of anilines is 1. The fourth-order valence-electron chi connectivity index (χ4n) is 4.07. The maximum Gasteiger partial charge on any atom is 0.252 e. The molecule has 36 heavy (non-hydrogen) atoms. The Morgan fingerprint density at radius 1 is 0.889 bits per heavy atom. The Kier molecular flexibility index (Phi) is 7.77. The standard InChI is InChI=1S/C29H27ClN2O3S/c1-21-9-6-7-14-27(21)28(23-10-4-3-5-11-23)31-29(33)24-17-15-22(16-18-24)20-32(36(2,34)35)26-13-8-12-25(30)19-26/h3-19,28H,20H2,1-2H3,(H,31,33)/t28-/m1/s1. The van der Waals surface area contributed by atoms with Crippen LogP contribution >= 0.6 is 11.6 Å². The van der Waals surface area contributed by atoms with Crippen molar-refractivity contribution >= 4 is 33.2 Å². The molecule has 0 aliphatic rings. The van der Waals surface area contributed by atoms with E-state index in [2.05, 4.69) is 5.32 Å². The molecule has 0 aromatic heterocycles. The summed E-state index contributed by atoms with van der Waals surface area (Å²) < 4.78 is 26.2. The molecule has 0 aliphatic heterocycles. The van der Waals surface area contributed by atoms with Crippen LogP contribution in [0.15, 0.2) is 103 Å². The van der Waals surface area contributed by atoms with Gasteiger partial charge in [0.05, 0.1) is 24.5 Å². The molecule has 0 fully saturated rings. The molecule has 0 spiro atoms. The van der Waals surface area contributed by atoms with E-state index in [4.69, 9.17) is 11.6 Å². The first-order chi connectivity index (χ1) is 17.2. The fraction of sp³-hybridized carbons (Fsp3) is 0.138. The molecule has 0 heterocycles. The highest BCUT2D eigenvalue weighted by atomic mass is 35.5. The number of carbonyl (C=O) groups is 1. The van der Waals surface area contributed by atoms with E-state index in [1.807, 2.05) is 61.5 Å². The molecule has 0 bridgehead atoms. The Hall–Kier alpha value is -3.61. The van der Waals surface area contributed by atoms with Gasteiger partial charge < -0.3 is 5.32 Å². The van der Waals surface area contributed by atoms with Gasteiger partial charge in [-0.2, -0.15) is 0 Å². The molecular weight excluding hydrogens is 492 g/mol. The van der Waals surface area contributed by atoms with Gasteiger partial charge in [0.15, 0.2) is 0 Å². The molecule has 1 N–H and O–H groups in total. The second kappa shape index (κ2) is 11.0. The van der Waals surface area contributed by atoms with E-state index in [9.17, 15) is 13.2 Å². The highest BCUT2D eigenvalue weighted by molar-refractivity contribution is 7.92. The molecule has 0 saturated carbocycles. The summed E-state index contributed by atoms with van der Waals surface area (Å²) in [6.07, 6.45) is 1.16. The second-order valence-electron chi connectivity index (χ2n) is 8.62. The molecule has 0 radical (unpaired) electrons. The molecule has 4 aromatic rings. The normalized spacial score (nSPS) is 12.1. The maximum atomic E-state index is 13.2. The van der Waals surface area contributed by atoms with Crippen LogP contribution < -0.4 is 9.62 Å². The van der Waals surface area contributed by atoms with Gasteiger partial charge in [0, 0.05) is 10.6 Å². The number of sulfonamides is 1. The third-order valence-electron chi connectivity index (χ3n) is 5.95. The van der Waals surface area contributed by atoms with Gasteiger partial charge in [0.1, 0.15) is 0 Å². The minimum atomic E-state index is -3.55. The van der Waals surface area contributed by atoms with E-state index < -0.39 is 10.0 Å². The fourth-order valence-corrected chi connectivity index (χ4v) is 5.13. The van der Waals surface area contributed by atoms with Crippen LogP contribution in [0.25, 0.3) is 0 Å². The minimum absolute atomic E-state index is 0.122. The van der Waals surface area contributed by atoms with Gasteiger partial charge in [0.2, 0.25) is 10.0 Å². The van der Waals surface area contributed by atoms with Gasteiger partial charge in [-0.3, -0.25) is 9.10 Å². The van der Waals surface area contributed by atoms with Crippen LogP contribution in [0.5, 0.6) is 0 Å². The van der Waals surface area contributed by atoms with Crippen molar-refractivity contribution in [2.24, 2.45) is 0 Å². The van der Waals surface area contributed by atoms with Gasteiger partial charge in [-0.05, 0) is 59.5 Å². The van der Waals surface area contributed by atoms with E-state index >= 15 is 0 Å². The molecule has 184 valence electrons.